The molecule has 0 saturated carbocycles. The van der Waals surface area contributed by atoms with E-state index in [1.165, 1.54) is 0 Å². The topological polar surface area (TPSA) is 66.6 Å². The number of likely N-dealkylation sites (tertiary alicyclic amines) is 1. The molecule has 1 aromatic carbocycles. The van der Waals surface area contributed by atoms with Gasteiger partial charge < -0.3 is 15.7 Å². The Kier molecular flexibility index (Phi) is 3.69. The Morgan fingerprint density at radius 2 is 2.35 bits per heavy atom. The molecule has 0 radical (unpaired) electrons. The first-order valence-electron chi connectivity index (χ1n) is 5.60. The summed E-state index contributed by atoms with van der Waals surface area (Å²) in [4.78, 5) is 14.0. The number of hydrogen-bond acceptors (Lipinski definition) is 3. The fraction of sp³-hybridized carbons (Fsp3) is 0.417. The summed E-state index contributed by atoms with van der Waals surface area (Å²) in [5, 5.41) is 9.22. The maximum absolute atomic E-state index is 12.3. The first-order valence-corrected chi connectivity index (χ1v) is 6.39. The molecule has 17 heavy (non-hydrogen) atoms. The number of hydrogen-bond donors (Lipinski definition) is 2. The van der Waals surface area contributed by atoms with Crippen LogP contribution < -0.4 is 5.73 Å². The Morgan fingerprint density at radius 1 is 1.59 bits per heavy atom. The Labute approximate surface area is 109 Å². The average Bonchev–Trinajstić information content (AvgIpc) is 2.79. The molecule has 1 aromatic rings. The summed E-state index contributed by atoms with van der Waals surface area (Å²) >= 11 is 3.33. The predicted octanol–water partition coefficient (Wildman–Crippen LogP) is 1.63. The lowest BCUT2D eigenvalue weighted by molar-refractivity contribution is 0.0678. The van der Waals surface area contributed by atoms with Crippen LogP contribution in [0.15, 0.2) is 22.7 Å². The number of halogens is 1. The third-order valence-corrected chi connectivity index (χ3v) is 3.59. The minimum Gasteiger partial charge on any atom is -0.398 e. The molecule has 1 heterocycles. The van der Waals surface area contributed by atoms with Crippen LogP contribution in [0.3, 0.4) is 0 Å². The molecule has 0 unspecified atom stereocenters. The number of aliphatic hydroxyl groups is 1. The van der Waals surface area contributed by atoms with E-state index in [9.17, 15) is 9.90 Å². The maximum Gasteiger partial charge on any atom is 0.256 e. The molecule has 1 amide bonds. The van der Waals surface area contributed by atoms with Gasteiger partial charge in [0.25, 0.3) is 5.91 Å². The fourth-order valence-corrected chi connectivity index (χ4v) is 2.52. The number of rotatable bonds is 2. The van der Waals surface area contributed by atoms with Gasteiger partial charge in [0.05, 0.1) is 18.2 Å². The largest absolute Gasteiger partial charge is 0.398 e. The number of nitrogens with two attached hydrogens (primary N) is 1. The molecule has 4 nitrogen and oxygen atoms in total. The summed E-state index contributed by atoms with van der Waals surface area (Å²) < 4.78 is 0.829. The minimum atomic E-state index is -0.0969. The number of amides is 1. The van der Waals surface area contributed by atoms with Crippen molar-refractivity contribution in [1.29, 1.82) is 0 Å². The van der Waals surface area contributed by atoms with E-state index in [0.29, 0.717) is 17.8 Å². The van der Waals surface area contributed by atoms with Crippen LogP contribution in [0.1, 0.15) is 23.2 Å². The second kappa shape index (κ2) is 5.06. The van der Waals surface area contributed by atoms with Crippen molar-refractivity contribution in [2.45, 2.75) is 18.9 Å². The van der Waals surface area contributed by atoms with E-state index in [4.69, 9.17) is 5.73 Å². The van der Waals surface area contributed by atoms with Crippen molar-refractivity contribution < 1.29 is 9.90 Å². The van der Waals surface area contributed by atoms with Crippen LogP contribution in [-0.2, 0) is 0 Å². The number of benzene rings is 1. The summed E-state index contributed by atoms with van der Waals surface area (Å²) in [6.07, 6.45) is 1.79. The molecule has 5 heteroatoms. The van der Waals surface area contributed by atoms with E-state index in [1.807, 2.05) is 0 Å². The van der Waals surface area contributed by atoms with Gasteiger partial charge in [-0.15, -0.1) is 0 Å². The van der Waals surface area contributed by atoms with Gasteiger partial charge in [0.15, 0.2) is 0 Å². The summed E-state index contributed by atoms with van der Waals surface area (Å²) in [5.74, 6) is -0.0969. The van der Waals surface area contributed by atoms with Gasteiger partial charge in [0.2, 0.25) is 0 Å². The molecule has 1 saturated heterocycles. The van der Waals surface area contributed by atoms with E-state index < -0.39 is 0 Å². The highest BCUT2D eigenvalue weighted by atomic mass is 79.9. The lowest BCUT2D eigenvalue weighted by Gasteiger charge is -2.23. The Morgan fingerprint density at radius 3 is 3.06 bits per heavy atom. The van der Waals surface area contributed by atoms with Gasteiger partial charge in [-0.2, -0.15) is 0 Å². The van der Waals surface area contributed by atoms with Crippen LogP contribution in [0, 0.1) is 0 Å². The van der Waals surface area contributed by atoms with E-state index >= 15 is 0 Å². The molecule has 2 rings (SSSR count). The maximum atomic E-state index is 12.3. The first-order chi connectivity index (χ1) is 8.13. The second-order valence-electron chi connectivity index (χ2n) is 4.21. The zero-order valence-electron chi connectivity index (χ0n) is 9.40. The predicted molar refractivity (Wildman–Crippen MR) is 69.7 cm³/mol. The standard InChI is InChI=1S/C12H15BrN2O2/c13-8-3-4-11(14)10(6-8)12(17)15-5-1-2-9(15)7-16/h3-4,6,9,16H,1-2,5,7,14H2/t9-/m0/s1. The number of nitrogens with zero attached hydrogens (tertiary/aromatic N) is 1. The molecule has 0 aromatic heterocycles. The van der Waals surface area contributed by atoms with Crippen molar-refractivity contribution in [1.82, 2.24) is 4.90 Å². The molecule has 3 N–H and O–H groups in total. The zero-order valence-corrected chi connectivity index (χ0v) is 11.0. The highest BCUT2D eigenvalue weighted by Crippen LogP contribution is 2.24. The van der Waals surface area contributed by atoms with Crippen LogP contribution in [-0.4, -0.2) is 35.1 Å². The van der Waals surface area contributed by atoms with Gasteiger partial charge in [-0.05, 0) is 31.0 Å². The summed E-state index contributed by atoms with van der Waals surface area (Å²) in [7, 11) is 0. The SMILES string of the molecule is Nc1ccc(Br)cc1C(=O)N1CCC[C@H]1CO. The second-order valence-corrected chi connectivity index (χ2v) is 5.12. The average molecular weight is 299 g/mol. The van der Waals surface area contributed by atoms with Gasteiger partial charge in [0, 0.05) is 16.7 Å². The Balaban J connectivity index is 2.27. The molecule has 1 aliphatic rings. The fourth-order valence-electron chi connectivity index (χ4n) is 2.16. The van der Waals surface area contributed by atoms with E-state index in [-0.39, 0.29) is 18.6 Å². The molecule has 1 aliphatic heterocycles. The van der Waals surface area contributed by atoms with Gasteiger partial charge in [0.1, 0.15) is 0 Å². The smallest absolute Gasteiger partial charge is 0.256 e. The molecule has 0 bridgehead atoms. The molecule has 1 fully saturated rings. The van der Waals surface area contributed by atoms with E-state index in [0.717, 1.165) is 17.3 Å². The Hall–Kier alpha value is -1.07. The summed E-state index contributed by atoms with van der Waals surface area (Å²) in [6, 6.07) is 5.17. The van der Waals surface area contributed by atoms with Crippen molar-refractivity contribution in [3.63, 3.8) is 0 Å². The van der Waals surface area contributed by atoms with Gasteiger partial charge in [-0.1, -0.05) is 15.9 Å². The normalized spacial score (nSPS) is 19.6. The molecular formula is C12H15BrN2O2. The number of aliphatic hydroxyl groups excluding tert-OH is 1. The zero-order chi connectivity index (χ0) is 12.4. The third kappa shape index (κ3) is 2.45. The number of nitrogen functional groups attached to an aromatic ring is 1. The van der Waals surface area contributed by atoms with Crippen molar-refractivity contribution in [2.24, 2.45) is 0 Å². The lowest BCUT2D eigenvalue weighted by Crippen LogP contribution is -2.37. The number of carbonyl (C=O) groups is 1. The Bertz CT molecular complexity index is 437. The van der Waals surface area contributed by atoms with E-state index in [1.54, 1.807) is 23.1 Å². The molecule has 0 aliphatic carbocycles. The van der Waals surface area contributed by atoms with Crippen LogP contribution in [0.4, 0.5) is 5.69 Å². The molecule has 1 atom stereocenters. The van der Waals surface area contributed by atoms with E-state index in [2.05, 4.69) is 15.9 Å². The molecular weight excluding hydrogens is 284 g/mol. The van der Waals surface area contributed by atoms with Gasteiger partial charge >= 0.3 is 0 Å². The quantitative estimate of drug-likeness (QED) is 0.816. The van der Waals surface area contributed by atoms with Crippen molar-refractivity contribution in [2.75, 3.05) is 18.9 Å². The van der Waals surface area contributed by atoms with Gasteiger partial charge in [-0.3, -0.25) is 4.79 Å². The van der Waals surface area contributed by atoms with Crippen molar-refractivity contribution in [3.8, 4) is 0 Å². The number of carbonyl (C=O) groups excluding carboxylic acids is 1. The first kappa shape index (κ1) is 12.4. The van der Waals surface area contributed by atoms with Crippen LogP contribution >= 0.6 is 15.9 Å². The van der Waals surface area contributed by atoms with Crippen molar-refractivity contribution in [3.05, 3.63) is 28.2 Å². The highest BCUT2D eigenvalue weighted by Gasteiger charge is 2.29. The van der Waals surface area contributed by atoms with Crippen molar-refractivity contribution >= 4 is 27.5 Å². The minimum absolute atomic E-state index is 0.0135. The summed E-state index contributed by atoms with van der Waals surface area (Å²) in [5.41, 5.74) is 6.79. The molecule has 92 valence electrons. The van der Waals surface area contributed by atoms with Crippen LogP contribution in [0.2, 0.25) is 0 Å². The molecule has 0 spiro atoms. The van der Waals surface area contributed by atoms with Gasteiger partial charge in [-0.25, -0.2) is 0 Å². The lowest BCUT2D eigenvalue weighted by atomic mass is 10.1. The monoisotopic (exact) mass is 298 g/mol. The number of anilines is 1. The van der Waals surface area contributed by atoms with Crippen LogP contribution in [0.5, 0.6) is 0 Å². The highest BCUT2D eigenvalue weighted by molar-refractivity contribution is 9.10. The summed E-state index contributed by atoms with van der Waals surface area (Å²) in [6.45, 7) is 0.704. The van der Waals surface area contributed by atoms with Crippen LogP contribution in [0.25, 0.3) is 0 Å². The third-order valence-electron chi connectivity index (χ3n) is 3.09.